The molecule has 0 aromatic heterocycles. The fourth-order valence-corrected chi connectivity index (χ4v) is 3.63. The van der Waals surface area contributed by atoms with E-state index >= 15 is 0 Å². The normalized spacial score (nSPS) is 14.3. The third-order valence-electron chi connectivity index (χ3n) is 5.00. The van der Waals surface area contributed by atoms with Crippen molar-refractivity contribution in [2.75, 3.05) is 31.8 Å². The lowest BCUT2D eigenvalue weighted by molar-refractivity contribution is -0.110. The first-order valence-corrected chi connectivity index (χ1v) is 9.85. The molecular formula is C25H25N3O2. The number of para-hydroxylation sites is 1. The lowest BCUT2D eigenvalue weighted by Crippen LogP contribution is -2.11. The Labute approximate surface area is 177 Å². The van der Waals surface area contributed by atoms with Crippen molar-refractivity contribution in [3.63, 3.8) is 0 Å². The van der Waals surface area contributed by atoms with Crippen LogP contribution in [0.1, 0.15) is 16.7 Å². The Bertz CT molecular complexity index is 1100. The summed E-state index contributed by atoms with van der Waals surface area (Å²) in [7, 11) is 5.74. The van der Waals surface area contributed by atoms with Crippen molar-refractivity contribution in [2.24, 2.45) is 0 Å². The number of ether oxygens (including phenoxy) is 1. The highest BCUT2D eigenvalue weighted by Crippen LogP contribution is 2.37. The Hall–Kier alpha value is -3.57. The molecule has 1 heterocycles. The standard InChI is InChI=1S/C25H25N3O2/c1-28(2)16-17-11-13-19(14-12-17)26-24(18-7-6-8-20(15-18)30-3)23-21-9-4-5-10-22(21)27-25(23)29/h4-15,26H,16H2,1-3H3,(H,27,29)/b24-23-. The summed E-state index contributed by atoms with van der Waals surface area (Å²) in [6.07, 6.45) is 0. The van der Waals surface area contributed by atoms with Crippen LogP contribution in [0.3, 0.4) is 0 Å². The molecule has 1 aliphatic rings. The summed E-state index contributed by atoms with van der Waals surface area (Å²) >= 11 is 0. The average molecular weight is 399 g/mol. The van der Waals surface area contributed by atoms with E-state index in [1.54, 1.807) is 7.11 Å². The Morgan fingerprint density at radius 3 is 2.50 bits per heavy atom. The lowest BCUT2D eigenvalue weighted by Gasteiger charge is -2.16. The van der Waals surface area contributed by atoms with Gasteiger partial charge in [-0.1, -0.05) is 42.5 Å². The van der Waals surface area contributed by atoms with Crippen LogP contribution in [0, 0.1) is 0 Å². The molecule has 3 aromatic rings. The lowest BCUT2D eigenvalue weighted by atomic mass is 10.00. The maximum atomic E-state index is 12.9. The van der Waals surface area contributed by atoms with Crippen LogP contribution >= 0.6 is 0 Å². The van der Waals surface area contributed by atoms with E-state index in [2.05, 4.69) is 27.7 Å². The molecule has 4 rings (SSSR count). The Kier molecular flexibility index (Phi) is 5.55. The Morgan fingerprint density at radius 1 is 1.00 bits per heavy atom. The molecule has 2 N–H and O–H groups in total. The molecule has 0 fully saturated rings. The molecular weight excluding hydrogens is 374 g/mol. The minimum absolute atomic E-state index is 0.120. The summed E-state index contributed by atoms with van der Waals surface area (Å²) in [5, 5.41) is 6.46. The number of benzene rings is 3. The number of anilines is 2. The van der Waals surface area contributed by atoms with Gasteiger partial charge in [0.05, 0.1) is 18.4 Å². The first kappa shape index (κ1) is 19.7. The number of carbonyl (C=O) groups is 1. The van der Waals surface area contributed by atoms with Crippen LogP contribution < -0.4 is 15.4 Å². The Balaban J connectivity index is 1.80. The quantitative estimate of drug-likeness (QED) is 0.591. The zero-order valence-corrected chi connectivity index (χ0v) is 17.4. The molecule has 0 saturated carbocycles. The van der Waals surface area contributed by atoms with E-state index in [9.17, 15) is 4.79 Å². The number of carbonyl (C=O) groups excluding carboxylic acids is 1. The summed E-state index contributed by atoms with van der Waals surface area (Å²) in [5.74, 6) is 0.617. The maximum Gasteiger partial charge on any atom is 0.258 e. The van der Waals surface area contributed by atoms with Crippen molar-refractivity contribution >= 4 is 28.6 Å². The van der Waals surface area contributed by atoms with Gasteiger partial charge in [-0.25, -0.2) is 0 Å². The van der Waals surface area contributed by atoms with Gasteiger partial charge >= 0.3 is 0 Å². The van der Waals surface area contributed by atoms with Gasteiger partial charge in [0.2, 0.25) is 0 Å². The van der Waals surface area contributed by atoms with Crippen molar-refractivity contribution in [3.8, 4) is 5.75 Å². The summed E-state index contributed by atoms with van der Waals surface area (Å²) in [6, 6.07) is 23.7. The molecule has 3 aromatic carbocycles. The van der Waals surface area contributed by atoms with Crippen molar-refractivity contribution in [1.82, 2.24) is 4.90 Å². The van der Waals surface area contributed by atoms with Crippen LogP contribution in [0.5, 0.6) is 5.75 Å². The van der Waals surface area contributed by atoms with Crippen molar-refractivity contribution < 1.29 is 9.53 Å². The van der Waals surface area contributed by atoms with Gasteiger partial charge in [0, 0.05) is 29.0 Å². The highest BCUT2D eigenvalue weighted by molar-refractivity contribution is 6.37. The second kappa shape index (κ2) is 8.43. The molecule has 0 atom stereocenters. The predicted molar refractivity (Wildman–Crippen MR) is 122 cm³/mol. The fourth-order valence-electron chi connectivity index (χ4n) is 3.63. The number of methoxy groups -OCH3 is 1. The minimum Gasteiger partial charge on any atom is -0.497 e. The summed E-state index contributed by atoms with van der Waals surface area (Å²) in [5.41, 5.74) is 6.10. The number of rotatable bonds is 6. The van der Waals surface area contributed by atoms with Gasteiger partial charge in [0.25, 0.3) is 5.91 Å². The van der Waals surface area contributed by atoms with Gasteiger partial charge in [0.15, 0.2) is 0 Å². The van der Waals surface area contributed by atoms with Crippen LogP contribution in [0.4, 0.5) is 11.4 Å². The highest BCUT2D eigenvalue weighted by Gasteiger charge is 2.28. The largest absolute Gasteiger partial charge is 0.497 e. The van der Waals surface area contributed by atoms with E-state index in [1.165, 1.54) is 5.56 Å². The molecule has 5 nitrogen and oxygen atoms in total. The van der Waals surface area contributed by atoms with Gasteiger partial charge < -0.3 is 20.3 Å². The fraction of sp³-hybridized carbons (Fsp3) is 0.160. The summed E-state index contributed by atoms with van der Waals surface area (Å²) in [4.78, 5) is 15.1. The zero-order chi connectivity index (χ0) is 21.1. The van der Waals surface area contributed by atoms with Crippen molar-refractivity contribution in [3.05, 3.63) is 89.5 Å². The molecule has 0 bridgehead atoms. The molecule has 0 aliphatic carbocycles. The van der Waals surface area contributed by atoms with Gasteiger partial charge in [-0.2, -0.15) is 0 Å². The first-order chi connectivity index (χ1) is 14.5. The molecule has 1 aliphatic heterocycles. The first-order valence-electron chi connectivity index (χ1n) is 9.85. The summed E-state index contributed by atoms with van der Waals surface area (Å²) < 4.78 is 5.41. The topological polar surface area (TPSA) is 53.6 Å². The van der Waals surface area contributed by atoms with E-state index in [1.807, 2.05) is 74.8 Å². The molecule has 0 radical (unpaired) electrons. The van der Waals surface area contributed by atoms with Gasteiger partial charge in [0.1, 0.15) is 5.75 Å². The van der Waals surface area contributed by atoms with Gasteiger partial charge in [-0.3, -0.25) is 4.79 Å². The van der Waals surface area contributed by atoms with Crippen LogP contribution in [0.25, 0.3) is 11.3 Å². The predicted octanol–water partition coefficient (Wildman–Crippen LogP) is 4.69. The van der Waals surface area contributed by atoms with Gasteiger partial charge in [-0.05, 0) is 50.0 Å². The third kappa shape index (κ3) is 4.07. The smallest absolute Gasteiger partial charge is 0.258 e. The van der Waals surface area contributed by atoms with Crippen molar-refractivity contribution in [1.29, 1.82) is 0 Å². The number of hydrogen-bond donors (Lipinski definition) is 2. The molecule has 152 valence electrons. The van der Waals surface area contributed by atoms with E-state index in [-0.39, 0.29) is 5.91 Å². The number of fused-ring (bicyclic) bond motifs is 1. The van der Waals surface area contributed by atoms with Crippen LogP contribution in [0.2, 0.25) is 0 Å². The number of hydrogen-bond acceptors (Lipinski definition) is 4. The monoisotopic (exact) mass is 399 g/mol. The third-order valence-corrected chi connectivity index (χ3v) is 5.00. The minimum atomic E-state index is -0.120. The van der Waals surface area contributed by atoms with E-state index in [0.717, 1.165) is 40.5 Å². The Morgan fingerprint density at radius 2 is 1.77 bits per heavy atom. The van der Waals surface area contributed by atoms with Crippen LogP contribution in [-0.2, 0) is 11.3 Å². The van der Waals surface area contributed by atoms with Crippen LogP contribution in [-0.4, -0.2) is 32.0 Å². The zero-order valence-electron chi connectivity index (χ0n) is 17.4. The number of nitrogens with zero attached hydrogens (tertiary/aromatic N) is 1. The molecule has 0 spiro atoms. The molecule has 1 amide bonds. The SMILES string of the molecule is COc1cccc(/C(Nc2ccc(CN(C)C)cc2)=C2/C(=O)Nc3ccccc32)c1. The number of amides is 1. The second-order valence-electron chi connectivity index (χ2n) is 7.54. The van der Waals surface area contributed by atoms with Crippen LogP contribution in [0.15, 0.2) is 72.8 Å². The molecule has 0 saturated heterocycles. The number of nitrogens with one attached hydrogen (secondary N) is 2. The second-order valence-corrected chi connectivity index (χ2v) is 7.54. The summed E-state index contributed by atoms with van der Waals surface area (Å²) in [6.45, 7) is 0.875. The van der Waals surface area contributed by atoms with Crippen molar-refractivity contribution in [2.45, 2.75) is 6.54 Å². The average Bonchev–Trinajstić information content (AvgIpc) is 3.08. The van der Waals surface area contributed by atoms with E-state index in [4.69, 9.17) is 4.74 Å². The maximum absolute atomic E-state index is 12.9. The van der Waals surface area contributed by atoms with Gasteiger partial charge in [-0.15, -0.1) is 0 Å². The molecule has 30 heavy (non-hydrogen) atoms. The molecule has 5 heteroatoms. The van der Waals surface area contributed by atoms with E-state index < -0.39 is 0 Å². The highest BCUT2D eigenvalue weighted by atomic mass is 16.5. The van der Waals surface area contributed by atoms with E-state index in [0.29, 0.717) is 5.57 Å². The molecule has 0 unspecified atom stereocenters.